The number of hydrogen-bond acceptors (Lipinski definition) is 1. The minimum absolute atomic E-state index is 0.194. The van der Waals surface area contributed by atoms with Crippen molar-refractivity contribution in [2.45, 2.75) is 13.1 Å². The number of halogens is 2. The van der Waals surface area contributed by atoms with Gasteiger partial charge in [-0.2, -0.15) is 0 Å². The number of hydrogen-bond donors (Lipinski definition) is 1. The van der Waals surface area contributed by atoms with Crippen LogP contribution in [0, 0.1) is 0 Å². The van der Waals surface area contributed by atoms with Gasteiger partial charge in [-0.05, 0) is 11.1 Å². The third-order valence-electron chi connectivity index (χ3n) is 2.34. The molecule has 0 atom stereocenters. The van der Waals surface area contributed by atoms with Crippen molar-refractivity contribution in [3.63, 3.8) is 0 Å². The van der Waals surface area contributed by atoms with Gasteiger partial charge in [-0.25, -0.2) is 0 Å². The lowest BCUT2D eigenvalue weighted by Gasteiger charge is -2.04. The summed E-state index contributed by atoms with van der Waals surface area (Å²) in [5, 5.41) is 3.61. The minimum atomic E-state index is 0.194. The monoisotopic (exact) mass is 281 g/mol. The molecule has 0 saturated heterocycles. The Hall–Kier alpha value is -1.02. The standard InChI is InChI=1S/C14H15N.CH2Cl2/c1-3-7-13(8-4-1)11-15-12-14-9-5-2-6-10-14;2-1-3/h1-10,15H,11-12H2;1H2. The Morgan fingerprint density at radius 1 is 0.667 bits per heavy atom. The van der Waals surface area contributed by atoms with Crippen LogP contribution in [0.3, 0.4) is 0 Å². The summed E-state index contributed by atoms with van der Waals surface area (Å²) in [4.78, 5) is 0. The van der Waals surface area contributed by atoms with Gasteiger partial charge in [-0.3, -0.25) is 0 Å². The maximum absolute atomic E-state index is 4.76. The molecule has 0 fully saturated rings. The van der Waals surface area contributed by atoms with Crippen LogP contribution in [0.1, 0.15) is 11.1 Å². The Bertz CT molecular complexity index is 364. The van der Waals surface area contributed by atoms with Crippen LogP contribution in [0.25, 0.3) is 0 Å². The number of nitrogens with one attached hydrogen (secondary N) is 1. The first kappa shape index (κ1) is 15.0. The third kappa shape index (κ3) is 6.65. The predicted octanol–water partition coefficient (Wildman–Crippen LogP) is 4.40. The molecule has 2 aromatic rings. The summed E-state index contributed by atoms with van der Waals surface area (Å²) >= 11 is 9.53. The van der Waals surface area contributed by atoms with Gasteiger partial charge in [0.15, 0.2) is 0 Å². The number of benzene rings is 2. The molecule has 0 aromatic heterocycles. The third-order valence-corrected chi connectivity index (χ3v) is 2.34. The van der Waals surface area contributed by atoms with Crippen molar-refractivity contribution < 1.29 is 0 Å². The van der Waals surface area contributed by atoms with Crippen molar-refractivity contribution in [1.82, 2.24) is 5.32 Å². The van der Waals surface area contributed by atoms with E-state index >= 15 is 0 Å². The summed E-state index contributed by atoms with van der Waals surface area (Å²) in [5.41, 5.74) is 2.65. The summed E-state index contributed by atoms with van der Waals surface area (Å²) in [6.45, 7) is 1.85. The van der Waals surface area contributed by atoms with Crippen molar-refractivity contribution in [2.24, 2.45) is 0 Å². The van der Waals surface area contributed by atoms with E-state index < -0.39 is 0 Å². The fourth-order valence-corrected chi connectivity index (χ4v) is 1.54. The predicted molar refractivity (Wildman–Crippen MR) is 80.0 cm³/mol. The van der Waals surface area contributed by atoms with Crippen LogP contribution >= 0.6 is 23.2 Å². The first-order valence-electron chi connectivity index (χ1n) is 5.77. The first-order valence-corrected chi connectivity index (χ1v) is 6.84. The van der Waals surface area contributed by atoms with Gasteiger partial charge < -0.3 is 5.32 Å². The Labute approximate surface area is 119 Å². The van der Waals surface area contributed by atoms with Crippen molar-refractivity contribution in [3.8, 4) is 0 Å². The van der Waals surface area contributed by atoms with E-state index in [2.05, 4.69) is 53.8 Å². The fourth-order valence-electron chi connectivity index (χ4n) is 1.54. The Morgan fingerprint density at radius 2 is 1.00 bits per heavy atom. The number of rotatable bonds is 4. The largest absolute Gasteiger partial charge is 0.309 e. The zero-order valence-electron chi connectivity index (χ0n) is 10.2. The maximum atomic E-state index is 4.76. The van der Waals surface area contributed by atoms with Crippen LogP contribution in [0.15, 0.2) is 60.7 Å². The molecule has 0 unspecified atom stereocenters. The van der Waals surface area contributed by atoms with Crippen LogP contribution in [0.4, 0.5) is 0 Å². The zero-order valence-corrected chi connectivity index (χ0v) is 11.7. The quantitative estimate of drug-likeness (QED) is 0.820. The molecule has 0 saturated carbocycles. The summed E-state index contributed by atoms with van der Waals surface area (Å²) in [7, 11) is 0. The highest BCUT2D eigenvalue weighted by Crippen LogP contribution is 2.00. The lowest BCUT2D eigenvalue weighted by atomic mass is 10.2. The molecule has 1 N–H and O–H groups in total. The molecule has 0 aliphatic heterocycles. The highest BCUT2D eigenvalue weighted by molar-refractivity contribution is 6.40. The molecule has 2 rings (SSSR count). The van der Waals surface area contributed by atoms with Crippen LogP contribution in [-0.4, -0.2) is 5.34 Å². The molecule has 3 heteroatoms. The average molecular weight is 282 g/mol. The Balaban J connectivity index is 0.000000492. The molecular weight excluding hydrogens is 265 g/mol. The lowest BCUT2D eigenvalue weighted by Crippen LogP contribution is -2.12. The molecule has 0 spiro atoms. The summed E-state index contributed by atoms with van der Waals surface area (Å²) in [6.07, 6.45) is 0. The molecule has 0 heterocycles. The van der Waals surface area contributed by atoms with Gasteiger partial charge in [0, 0.05) is 13.1 Å². The van der Waals surface area contributed by atoms with Crippen molar-refractivity contribution in [1.29, 1.82) is 0 Å². The first-order chi connectivity index (χ1) is 8.86. The van der Waals surface area contributed by atoms with Gasteiger partial charge in [0.25, 0.3) is 0 Å². The van der Waals surface area contributed by atoms with Crippen molar-refractivity contribution in [3.05, 3.63) is 71.8 Å². The van der Waals surface area contributed by atoms with Gasteiger partial charge in [-0.15, -0.1) is 23.2 Å². The van der Waals surface area contributed by atoms with Crippen LogP contribution in [0.5, 0.6) is 0 Å². The molecule has 0 aliphatic rings. The van der Waals surface area contributed by atoms with Crippen LogP contribution in [-0.2, 0) is 13.1 Å². The maximum Gasteiger partial charge on any atom is 0.0967 e. The minimum Gasteiger partial charge on any atom is -0.309 e. The fraction of sp³-hybridized carbons (Fsp3) is 0.200. The van der Waals surface area contributed by atoms with Crippen molar-refractivity contribution in [2.75, 3.05) is 5.34 Å². The van der Waals surface area contributed by atoms with Crippen molar-refractivity contribution >= 4 is 23.2 Å². The second-order valence-corrected chi connectivity index (χ2v) is 4.48. The molecule has 18 heavy (non-hydrogen) atoms. The summed E-state index contributed by atoms with van der Waals surface area (Å²) in [6, 6.07) is 20.9. The Kier molecular flexibility index (Phi) is 8.32. The van der Waals surface area contributed by atoms with E-state index in [1.165, 1.54) is 11.1 Å². The molecule has 2 aromatic carbocycles. The van der Waals surface area contributed by atoms with E-state index in [0.29, 0.717) is 0 Å². The van der Waals surface area contributed by atoms with Gasteiger partial charge in [0.05, 0.1) is 5.34 Å². The van der Waals surface area contributed by atoms with Gasteiger partial charge >= 0.3 is 0 Å². The van der Waals surface area contributed by atoms with E-state index in [9.17, 15) is 0 Å². The smallest absolute Gasteiger partial charge is 0.0967 e. The SMILES string of the molecule is ClCCl.c1ccc(CNCc2ccccc2)cc1. The molecule has 0 amide bonds. The van der Waals surface area contributed by atoms with E-state index in [1.807, 2.05) is 12.1 Å². The highest BCUT2D eigenvalue weighted by atomic mass is 35.5. The van der Waals surface area contributed by atoms with E-state index in [-0.39, 0.29) is 5.34 Å². The Morgan fingerprint density at radius 3 is 1.33 bits per heavy atom. The molecule has 0 radical (unpaired) electrons. The van der Waals surface area contributed by atoms with Gasteiger partial charge in [0.1, 0.15) is 0 Å². The van der Waals surface area contributed by atoms with E-state index in [0.717, 1.165) is 13.1 Å². The summed E-state index contributed by atoms with van der Waals surface area (Å²) in [5.74, 6) is 0. The van der Waals surface area contributed by atoms with E-state index in [4.69, 9.17) is 23.2 Å². The lowest BCUT2D eigenvalue weighted by molar-refractivity contribution is 0.693. The van der Waals surface area contributed by atoms with Crippen LogP contribution in [0.2, 0.25) is 0 Å². The van der Waals surface area contributed by atoms with Gasteiger partial charge in [-0.1, -0.05) is 60.7 Å². The van der Waals surface area contributed by atoms with Crippen LogP contribution < -0.4 is 5.32 Å². The number of alkyl halides is 2. The molecule has 0 bridgehead atoms. The normalized spacial score (nSPS) is 9.44. The van der Waals surface area contributed by atoms with Gasteiger partial charge in [0.2, 0.25) is 0 Å². The molecule has 0 aliphatic carbocycles. The topological polar surface area (TPSA) is 12.0 Å². The molecular formula is C15H17Cl2N. The molecule has 96 valence electrons. The molecule has 1 nitrogen and oxygen atoms in total. The second-order valence-electron chi connectivity index (χ2n) is 3.68. The van der Waals surface area contributed by atoms with E-state index in [1.54, 1.807) is 0 Å². The second kappa shape index (κ2) is 9.95. The zero-order chi connectivity index (χ0) is 13.1. The average Bonchev–Trinajstić information content (AvgIpc) is 2.42. The summed E-state index contributed by atoms with van der Waals surface area (Å²) < 4.78 is 0. The highest BCUT2D eigenvalue weighted by Gasteiger charge is 1.92.